The van der Waals surface area contributed by atoms with E-state index >= 15 is 0 Å². The Kier molecular flexibility index (Phi) is 5.55. The maximum Gasteiger partial charge on any atom is 0.546 e. The van der Waals surface area contributed by atoms with E-state index in [2.05, 4.69) is 14.1 Å². The number of benzene rings is 1. The van der Waals surface area contributed by atoms with E-state index in [4.69, 9.17) is 44.5 Å². The molecule has 1 atom stereocenters. The molecule has 0 spiro atoms. The van der Waals surface area contributed by atoms with E-state index in [9.17, 15) is 9.46 Å². The maximum atomic E-state index is 11.6. The summed E-state index contributed by atoms with van der Waals surface area (Å²) in [5.74, 6) is -0.786. The molecule has 23 heavy (non-hydrogen) atoms. The number of oxazole rings is 1. The molecule has 0 aliphatic heterocycles. The molecular weight excluding hydrogens is 391 g/mol. The Balaban J connectivity index is 2.48. The minimum atomic E-state index is -4.54. The summed E-state index contributed by atoms with van der Waals surface area (Å²) in [7, 11) is -3.30. The number of aromatic nitrogens is 1. The van der Waals surface area contributed by atoms with Crippen LogP contribution in [-0.2, 0) is 9.19 Å². The van der Waals surface area contributed by atoms with Gasteiger partial charge in [0, 0.05) is 12.1 Å². The molecule has 0 fully saturated rings. The van der Waals surface area contributed by atoms with Crippen LogP contribution in [0.4, 0.5) is 0 Å². The second-order valence-corrected chi connectivity index (χ2v) is 6.40. The summed E-state index contributed by atoms with van der Waals surface area (Å²) < 4.78 is 25.6. The highest BCUT2D eigenvalue weighted by atomic mass is 35.5. The van der Waals surface area contributed by atoms with Crippen LogP contribution in [0.3, 0.4) is 0 Å². The van der Waals surface area contributed by atoms with Gasteiger partial charge in [0.2, 0.25) is 11.6 Å². The molecule has 2 N–H and O–H groups in total. The quantitative estimate of drug-likeness (QED) is 0.443. The van der Waals surface area contributed by atoms with Crippen LogP contribution >= 0.6 is 42.6 Å². The molecule has 1 unspecified atom stereocenters. The Morgan fingerprint density at radius 2 is 2.13 bits per heavy atom. The average molecular weight is 399 g/mol. The molecule has 0 saturated heterocycles. The van der Waals surface area contributed by atoms with Gasteiger partial charge in [-0.1, -0.05) is 34.8 Å². The van der Waals surface area contributed by atoms with Crippen molar-refractivity contribution < 1.29 is 23.0 Å². The van der Waals surface area contributed by atoms with Gasteiger partial charge in [-0.15, -0.1) is 0 Å². The first-order valence-electron chi connectivity index (χ1n) is 5.71. The first kappa shape index (κ1) is 18.0. The zero-order chi connectivity index (χ0) is 17.2. The van der Waals surface area contributed by atoms with Crippen molar-refractivity contribution in [2.45, 2.75) is 0 Å². The molecular formula is C11H7Cl3N3O5P. The number of nitriles is 1. The molecule has 8 nitrogen and oxygen atoms in total. The van der Waals surface area contributed by atoms with Gasteiger partial charge in [0.05, 0.1) is 15.6 Å². The third-order valence-corrected chi connectivity index (χ3v) is 4.16. The van der Waals surface area contributed by atoms with E-state index in [0.717, 1.165) is 0 Å². The summed E-state index contributed by atoms with van der Waals surface area (Å²) in [6.45, 7) is 0. The summed E-state index contributed by atoms with van der Waals surface area (Å²) in [4.78, 5) is 13.2. The van der Waals surface area contributed by atoms with E-state index < -0.39 is 13.8 Å². The van der Waals surface area contributed by atoms with Crippen molar-refractivity contribution >= 4 is 42.6 Å². The lowest BCUT2D eigenvalue weighted by Gasteiger charge is -2.08. The second-order valence-electron chi connectivity index (χ2n) is 3.87. The summed E-state index contributed by atoms with van der Waals surface area (Å²) in [5, 5.41) is 9.48. The Labute approximate surface area is 145 Å². The van der Waals surface area contributed by atoms with Crippen LogP contribution in [0.5, 0.6) is 5.95 Å². The van der Waals surface area contributed by atoms with Crippen molar-refractivity contribution in [2.24, 2.45) is 0 Å². The van der Waals surface area contributed by atoms with Gasteiger partial charge in [-0.2, -0.15) is 20.4 Å². The van der Waals surface area contributed by atoms with Gasteiger partial charge in [0.15, 0.2) is 0 Å². The average Bonchev–Trinajstić information content (AvgIpc) is 2.84. The lowest BCUT2D eigenvalue weighted by Crippen LogP contribution is -2.08. The molecule has 0 aliphatic carbocycles. The second kappa shape index (κ2) is 7.07. The van der Waals surface area contributed by atoms with E-state index in [1.54, 1.807) is 6.07 Å². The number of rotatable bonds is 5. The highest BCUT2D eigenvalue weighted by Crippen LogP contribution is 2.45. The molecule has 1 aromatic heterocycles. The fraction of sp³-hybridized carbons (Fsp3) is 0.0909. The Hall–Kier alpha value is -1.30. The third-order valence-electron chi connectivity index (χ3n) is 2.33. The smallest absolute Gasteiger partial charge is 0.404 e. The number of phosphoric acid groups is 1. The van der Waals surface area contributed by atoms with Crippen LogP contribution in [0.2, 0.25) is 15.1 Å². The SMILES string of the molecule is CNOP(=O)(O)Oc1oc(-c2cc(Cl)cc(Cl)c2Cl)nc1C#N. The zero-order valence-electron chi connectivity index (χ0n) is 11.2. The van der Waals surface area contributed by atoms with Gasteiger partial charge < -0.3 is 8.94 Å². The number of hydroxylamine groups is 1. The summed E-state index contributed by atoms with van der Waals surface area (Å²) in [6.07, 6.45) is 0. The van der Waals surface area contributed by atoms with E-state index in [0.29, 0.717) is 0 Å². The number of nitrogens with one attached hydrogen (secondary N) is 1. The zero-order valence-corrected chi connectivity index (χ0v) is 14.4. The number of hydrogen-bond acceptors (Lipinski definition) is 7. The largest absolute Gasteiger partial charge is 0.546 e. The maximum absolute atomic E-state index is 11.6. The van der Waals surface area contributed by atoms with Crippen molar-refractivity contribution in [1.29, 1.82) is 5.26 Å². The van der Waals surface area contributed by atoms with Crippen LogP contribution in [0, 0.1) is 11.3 Å². The van der Waals surface area contributed by atoms with Gasteiger partial charge in [0.1, 0.15) is 6.07 Å². The predicted molar refractivity (Wildman–Crippen MR) is 82.3 cm³/mol. The normalized spacial score (nSPS) is 13.4. The Morgan fingerprint density at radius 3 is 2.74 bits per heavy atom. The van der Waals surface area contributed by atoms with Gasteiger partial charge in [-0.05, 0) is 12.1 Å². The van der Waals surface area contributed by atoms with Gasteiger partial charge in [-0.25, -0.2) is 4.57 Å². The molecule has 12 heteroatoms. The number of halogens is 3. The van der Waals surface area contributed by atoms with E-state index in [-0.39, 0.29) is 32.2 Å². The van der Waals surface area contributed by atoms with Crippen LogP contribution in [0.1, 0.15) is 5.69 Å². The molecule has 2 rings (SSSR count). The summed E-state index contributed by atoms with van der Waals surface area (Å²) >= 11 is 17.8. The minimum Gasteiger partial charge on any atom is -0.404 e. The molecule has 0 radical (unpaired) electrons. The first-order chi connectivity index (χ1) is 10.8. The van der Waals surface area contributed by atoms with Gasteiger partial charge in [0.25, 0.3) is 0 Å². The Morgan fingerprint density at radius 1 is 1.43 bits per heavy atom. The topological polar surface area (TPSA) is 118 Å². The third kappa shape index (κ3) is 4.16. The number of phosphoric ester groups is 1. The predicted octanol–water partition coefficient (Wildman–Crippen LogP) is 3.80. The molecule has 122 valence electrons. The van der Waals surface area contributed by atoms with Crippen LogP contribution < -0.4 is 10.0 Å². The monoisotopic (exact) mass is 397 g/mol. The van der Waals surface area contributed by atoms with E-state index in [1.165, 1.54) is 19.2 Å². The van der Waals surface area contributed by atoms with Crippen LogP contribution in [0.15, 0.2) is 16.5 Å². The highest BCUT2D eigenvalue weighted by Gasteiger charge is 2.29. The van der Waals surface area contributed by atoms with Crippen LogP contribution in [-0.4, -0.2) is 16.9 Å². The molecule has 0 aliphatic rings. The highest BCUT2D eigenvalue weighted by molar-refractivity contribution is 7.47. The summed E-state index contributed by atoms with van der Waals surface area (Å²) in [5.41, 5.74) is 1.78. The summed E-state index contributed by atoms with van der Waals surface area (Å²) in [6, 6.07) is 4.46. The number of hydrogen-bond donors (Lipinski definition) is 2. The molecule has 1 aromatic carbocycles. The molecule has 0 saturated carbocycles. The molecule has 1 heterocycles. The van der Waals surface area contributed by atoms with Gasteiger partial charge in [-0.3, -0.25) is 4.89 Å². The number of nitrogens with zero attached hydrogens (tertiary/aromatic N) is 2. The Bertz CT molecular complexity index is 835. The fourth-order valence-electron chi connectivity index (χ4n) is 1.50. The van der Waals surface area contributed by atoms with E-state index in [1.807, 2.05) is 5.48 Å². The lowest BCUT2D eigenvalue weighted by molar-refractivity contribution is 0.139. The minimum absolute atomic E-state index is 0.0759. The van der Waals surface area contributed by atoms with Crippen molar-refractivity contribution in [1.82, 2.24) is 10.5 Å². The van der Waals surface area contributed by atoms with Crippen molar-refractivity contribution in [3.8, 4) is 23.5 Å². The van der Waals surface area contributed by atoms with Crippen molar-refractivity contribution in [3.05, 3.63) is 32.9 Å². The van der Waals surface area contributed by atoms with Gasteiger partial charge >= 0.3 is 13.8 Å². The van der Waals surface area contributed by atoms with Crippen molar-refractivity contribution in [2.75, 3.05) is 7.05 Å². The lowest BCUT2D eigenvalue weighted by atomic mass is 10.2. The van der Waals surface area contributed by atoms with Crippen LogP contribution in [0.25, 0.3) is 11.5 Å². The first-order valence-corrected chi connectivity index (χ1v) is 8.34. The van der Waals surface area contributed by atoms with Crippen molar-refractivity contribution in [3.63, 3.8) is 0 Å². The molecule has 2 aromatic rings. The molecule has 0 amide bonds. The standard InChI is InChI=1S/C11H7Cl3N3O5P/c1-16-22-23(18,19)21-11-8(4-15)17-10(20-11)6-2-5(12)3-7(13)9(6)14/h2-3,16H,1H3,(H,18,19). The fourth-order valence-corrected chi connectivity index (χ4v) is 2.79. The molecule has 0 bridgehead atoms.